The Labute approximate surface area is 147 Å². The highest BCUT2D eigenvalue weighted by molar-refractivity contribution is 5.98. The summed E-state index contributed by atoms with van der Waals surface area (Å²) in [5.74, 6) is -0.471. The van der Waals surface area contributed by atoms with E-state index in [1.807, 2.05) is 31.2 Å². The molecule has 2 atom stereocenters. The zero-order valence-corrected chi connectivity index (χ0v) is 14.3. The first-order chi connectivity index (χ1) is 12.1. The number of aliphatic hydroxyl groups excluding tert-OH is 1. The van der Waals surface area contributed by atoms with Gasteiger partial charge in [-0.15, -0.1) is 0 Å². The van der Waals surface area contributed by atoms with E-state index in [1.54, 1.807) is 18.2 Å². The predicted molar refractivity (Wildman–Crippen MR) is 95.7 cm³/mol. The first kappa shape index (κ1) is 17.6. The Morgan fingerprint density at radius 3 is 2.84 bits per heavy atom. The molecule has 1 aliphatic rings. The molecule has 2 aromatic carbocycles. The summed E-state index contributed by atoms with van der Waals surface area (Å²) in [6.07, 6.45) is 1.55. The van der Waals surface area contributed by atoms with Crippen LogP contribution in [0.1, 0.15) is 36.9 Å². The standard InChI is InChI=1S/C20H23FN2O2/c1-14(16-7-4-6-15(12-16)13-24)22-18-9-5-11-23(20(18)25)19-10-3-2-8-17(19)21/h2-4,6-8,10,12,14,18,22,24H,5,9,11,13H2,1H3. The van der Waals surface area contributed by atoms with Crippen molar-refractivity contribution in [2.75, 3.05) is 11.4 Å². The Morgan fingerprint density at radius 1 is 1.28 bits per heavy atom. The van der Waals surface area contributed by atoms with Crippen LogP contribution in [-0.2, 0) is 11.4 Å². The minimum absolute atomic E-state index is 0.00994. The molecule has 0 aliphatic carbocycles. The Balaban J connectivity index is 1.74. The van der Waals surface area contributed by atoms with E-state index in [0.717, 1.165) is 24.0 Å². The van der Waals surface area contributed by atoms with Crippen LogP contribution in [-0.4, -0.2) is 23.6 Å². The number of carbonyl (C=O) groups is 1. The molecule has 1 fully saturated rings. The van der Waals surface area contributed by atoms with Crippen molar-refractivity contribution in [1.82, 2.24) is 5.32 Å². The van der Waals surface area contributed by atoms with Crippen LogP contribution in [0.4, 0.5) is 10.1 Å². The molecule has 2 unspecified atom stereocenters. The largest absolute Gasteiger partial charge is 0.392 e. The molecule has 4 nitrogen and oxygen atoms in total. The number of carbonyl (C=O) groups excluding carboxylic acids is 1. The predicted octanol–water partition coefficient (Wildman–Crippen LogP) is 3.16. The van der Waals surface area contributed by atoms with Gasteiger partial charge in [-0.2, -0.15) is 0 Å². The van der Waals surface area contributed by atoms with Crippen LogP contribution in [0.15, 0.2) is 48.5 Å². The third-order valence-corrected chi connectivity index (χ3v) is 4.67. The van der Waals surface area contributed by atoms with Gasteiger partial charge >= 0.3 is 0 Å². The van der Waals surface area contributed by atoms with E-state index < -0.39 is 0 Å². The molecule has 2 aromatic rings. The van der Waals surface area contributed by atoms with Crippen molar-refractivity contribution >= 4 is 11.6 Å². The Kier molecular flexibility index (Phi) is 5.46. The Hall–Kier alpha value is -2.24. The van der Waals surface area contributed by atoms with Crippen LogP contribution >= 0.6 is 0 Å². The zero-order chi connectivity index (χ0) is 17.8. The van der Waals surface area contributed by atoms with Crippen molar-refractivity contribution in [1.29, 1.82) is 0 Å². The summed E-state index contributed by atoms with van der Waals surface area (Å²) in [5, 5.41) is 12.6. The van der Waals surface area contributed by atoms with E-state index in [2.05, 4.69) is 5.32 Å². The van der Waals surface area contributed by atoms with Crippen molar-refractivity contribution in [3.8, 4) is 0 Å². The SMILES string of the molecule is CC(NC1CCCN(c2ccccc2F)C1=O)c1cccc(CO)c1. The molecule has 25 heavy (non-hydrogen) atoms. The minimum Gasteiger partial charge on any atom is -0.392 e. The van der Waals surface area contributed by atoms with Crippen molar-refractivity contribution in [2.24, 2.45) is 0 Å². The maximum Gasteiger partial charge on any atom is 0.244 e. The van der Waals surface area contributed by atoms with Gasteiger partial charge in [-0.25, -0.2) is 4.39 Å². The van der Waals surface area contributed by atoms with Gasteiger partial charge in [0.15, 0.2) is 0 Å². The number of halogens is 1. The molecule has 1 aliphatic heterocycles. The van der Waals surface area contributed by atoms with Crippen molar-refractivity contribution in [3.63, 3.8) is 0 Å². The van der Waals surface area contributed by atoms with Gasteiger partial charge in [0.05, 0.1) is 18.3 Å². The number of hydrogen-bond acceptors (Lipinski definition) is 3. The van der Waals surface area contributed by atoms with Crippen LogP contribution in [0, 0.1) is 5.82 Å². The molecule has 0 aromatic heterocycles. The van der Waals surface area contributed by atoms with Gasteiger partial charge < -0.3 is 10.0 Å². The van der Waals surface area contributed by atoms with Crippen LogP contribution < -0.4 is 10.2 Å². The van der Waals surface area contributed by atoms with Gasteiger partial charge in [0.1, 0.15) is 5.82 Å². The lowest BCUT2D eigenvalue weighted by Crippen LogP contribution is -2.51. The summed E-state index contributed by atoms with van der Waals surface area (Å²) in [6, 6.07) is 13.7. The number of aliphatic hydroxyl groups is 1. The van der Waals surface area contributed by atoms with E-state index >= 15 is 0 Å². The van der Waals surface area contributed by atoms with Gasteiger partial charge in [0.25, 0.3) is 0 Å². The van der Waals surface area contributed by atoms with Gasteiger partial charge in [-0.1, -0.05) is 36.4 Å². The fourth-order valence-corrected chi connectivity index (χ4v) is 3.30. The molecular formula is C20H23FN2O2. The normalized spacial score (nSPS) is 19.1. The number of para-hydroxylation sites is 1. The molecule has 5 heteroatoms. The molecule has 1 saturated heterocycles. The molecule has 0 saturated carbocycles. The molecular weight excluding hydrogens is 319 g/mol. The summed E-state index contributed by atoms with van der Waals surface area (Å²) in [4.78, 5) is 14.4. The van der Waals surface area contributed by atoms with Crippen LogP contribution in [0.2, 0.25) is 0 Å². The van der Waals surface area contributed by atoms with Gasteiger partial charge in [-0.3, -0.25) is 10.1 Å². The van der Waals surface area contributed by atoms with Crippen LogP contribution in [0.3, 0.4) is 0 Å². The van der Waals surface area contributed by atoms with Gasteiger partial charge in [0, 0.05) is 12.6 Å². The summed E-state index contributed by atoms with van der Waals surface area (Å²) >= 11 is 0. The monoisotopic (exact) mass is 342 g/mol. The number of nitrogens with one attached hydrogen (secondary N) is 1. The van der Waals surface area contributed by atoms with E-state index in [9.17, 15) is 14.3 Å². The number of amides is 1. The summed E-state index contributed by atoms with van der Waals surface area (Å²) in [6.45, 7) is 2.52. The maximum atomic E-state index is 14.0. The third-order valence-electron chi connectivity index (χ3n) is 4.67. The Morgan fingerprint density at radius 2 is 2.08 bits per heavy atom. The zero-order valence-electron chi connectivity index (χ0n) is 14.3. The highest BCUT2D eigenvalue weighted by atomic mass is 19.1. The van der Waals surface area contributed by atoms with Crippen LogP contribution in [0.5, 0.6) is 0 Å². The quantitative estimate of drug-likeness (QED) is 0.878. The molecule has 0 bridgehead atoms. The second kappa shape index (κ2) is 7.76. The fraction of sp³-hybridized carbons (Fsp3) is 0.350. The lowest BCUT2D eigenvalue weighted by Gasteiger charge is -2.34. The van der Waals surface area contributed by atoms with Gasteiger partial charge in [0.2, 0.25) is 5.91 Å². The summed E-state index contributed by atoms with van der Waals surface area (Å²) in [5.41, 5.74) is 2.20. The number of hydrogen-bond donors (Lipinski definition) is 2. The second-order valence-corrected chi connectivity index (χ2v) is 6.43. The molecule has 3 rings (SSSR count). The van der Waals surface area contributed by atoms with Crippen molar-refractivity contribution in [2.45, 2.75) is 38.5 Å². The smallest absolute Gasteiger partial charge is 0.244 e. The first-order valence-corrected chi connectivity index (χ1v) is 8.62. The van der Waals surface area contributed by atoms with Gasteiger partial charge in [-0.05, 0) is 43.0 Å². The lowest BCUT2D eigenvalue weighted by molar-refractivity contribution is -0.122. The molecule has 2 N–H and O–H groups in total. The number of nitrogens with zero attached hydrogens (tertiary/aromatic N) is 1. The molecule has 0 spiro atoms. The summed E-state index contributed by atoms with van der Waals surface area (Å²) < 4.78 is 14.0. The van der Waals surface area contributed by atoms with E-state index in [0.29, 0.717) is 12.2 Å². The summed E-state index contributed by atoms with van der Waals surface area (Å²) in [7, 11) is 0. The van der Waals surface area contributed by atoms with Crippen molar-refractivity contribution in [3.05, 3.63) is 65.5 Å². The number of rotatable bonds is 5. The fourth-order valence-electron chi connectivity index (χ4n) is 3.30. The third kappa shape index (κ3) is 3.89. The highest BCUT2D eigenvalue weighted by Gasteiger charge is 2.31. The first-order valence-electron chi connectivity index (χ1n) is 8.62. The molecule has 1 amide bonds. The Bertz CT molecular complexity index is 750. The average molecular weight is 342 g/mol. The van der Waals surface area contributed by atoms with Crippen LogP contribution in [0.25, 0.3) is 0 Å². The highest BCUT2D eigenvalue weighted by Crippen LogP contribution is 2.25. The molecule has 0 radical (unpaired) electrons. The number of anilines is 1. The second-order valence-electron chi connectivity index (χ2n) is 6.43. The lowest BCUT2D eigenvalue weighted by atomic mass is 10.00. The average Bonchev–Trinajstić information content (AvgIpc) is 2.64. The van der Waals surface area contributed by atoms with E-state index in [1.165, 1.54) is 11.0 Å². The van der Waals surface area contributed by atoms with E-state index in [4.69, 9.17) is 0 Å². The minimum atomic E-state index is -0.375. The topological polar surface area (TPSA) is 52.6 Å². The molecule has 1 heterocycles. The number of benzene rings is 2. The maximum absolute atomic E-state index is 14.0. The number of piperidine rings is 1. The molecule has 132 valence electrons. The van der Waals surface area contributed by atoms with E-state index in [-0.39, 0.29) is 30.4 Å². The van der Waals surface area contributed by atoms with Crippen molar-refractivity contribution < 1.29 is 14.3 Å².